The Hall–Kier alpha value is -2.89. The van der Waals surface area contributed by atoms with Gasteiger partial charge in [-0.2, -0.15) is 9.61 Å². The standard InChI is InChI=1S/C27H34FN5/c1-4-31-14-8-5-6-10-21-12-13-22(28)17-23(21)20(3)32-15-9-7-11-25(32)24-18-26-29-19(2)16-27(31)33(26)30-24/h12-13,16-18,25H,3-11,14-15H2,1-2H3. The summed E-state index contributed by atoms with van der Waals surface area (Å²) in [5, 5.41) is 5.09. The molecular formula is C27H34FN5. The van der Waals surface area contributed by atoms with Crippen LogP contribution in [0.15, 0.2) is 36.9 Å². The van der Waals surface area contributed by atoms with Crippen LogP contribution < -0.4 is 4.90 Å². The molecule has 4 heterocycles. The van der Waals surface area contributed by atoms with Gasteiger partial charge in [0.1, 0.15) is 11.6 Å². The molecule has 2 aromatic heterocycles. The van der Waals surface area contributed by atoms with Gasteiger partial charge in [-0.05, 0) is 70.1 Å². The Kier molecular flexibility index (Phi) is 6.09. The van der Waals surface area contributed by atoms with Crippen molar-refractivity contribution in [2.75, 3.05) is 24.5 Å². The summed E-state index contributed by atoms with van der Waals surface area (Å²) in [4.78, 5) is 9.57. The zero-order valence-electron chi connectivity index (χ0n) is 19.9. The first-order valence-corrected chi connectivity index (χ1v) is 12.4. The molecule has 2 bridgehead atoms. The van der Waals surface area contributed by atoms with Crippen molar-refractivity contribution in [2.24, 2.45) is 0 Å². The monoisotopic (exact) mass is 447 g/mol. The Labute approximate surface area is 195 Å². The molecule has 1 saturated heterocycles. The van der Waals surface area contributed by atoms with E-state index in [-0.39, 0.29) is 11.9 Å². The van der Waals surface area contributed by atoms with E-state index in [1.165, 1.54) is 5.56 Å². The second kappa shape index (κ2) is 9.16. The van der Waals surface area contributed by atoms with Crippen LogP contribution >= 0.6 is 0 Å². The number of halogens is 1. The van der Waals surface area contributed by atoms with Crippen molar-refractivity contribution in [3.8, 4) is 0 Å². The van der Waals surface area contributed by atoms with Crippen LogP contribution in [-0.2, 0) is 6.42 Å². The number of benzene rings is 1. The van der Waals surface area contributed by atoms with Crippen LogP contribution in [0.1, 0.15) is 74.0 Å². The van der Waals surface area contributed by atoms with E-state index in [0.29, 0.717) is 0 Å². The summed E-state index contributed by atoms with van der Waals surface area (Å²) in [5.41, 5.74) is 6.00. The lowest BCUT2D eigenvalue weighted by Gasteiger charge is -2.38. The van der Waals surface area contributed by atoms with Crippen LogP contribution in [0.2, 0.25) is 0 Å². The first-order chi connectivity index (χ1) is 16.0. The van der Waals surface area contributed by atoms with Gasteiger partial charge in [0.15, 0.2) is 5.65 Å². The summed E-state index contributed by atoms with van der Waals surface area (Å²) >= 11 is 0. The number of hydrogen-bond acceptors (Lipinski definition) is 4. The van der Waals surface area contributed by atoms with Crippen molar-refractivity contribution in [3.63, 3.8) is 0 Å². The first kappa shape index (κ1) is 21.9. The molecule has 2 aliphatic rings. The highest BCUT2D eigenvalue weighted by atomic mass is 19.1. The minimum absolute atomic E-state index is 0.123. The Morgan fingerprint density at radius 1 is 1.06 bits per heavy atom. The number of fused-ring (bicyclic) bond motifs is 4. The third-order valence-electron chi connectivity index (χ3n) is 7.21. The summed E-state index contributed by atoms with van der Waals surface area (Å²) < 4.78 is 16.3. The second-order valence-electron chi connectivity index (χ2n) is 9.44. The molecule has 1 fully saturated rings. The van der Waals surface area contributed by atoms with Gasteiger partial charge in [0.25, 0.3) is 0 Å². The summed E-state index contributed by atoms with van der Waals surface area (Å²) in [7, 11) is 0. The lowest BCUT2D eigenvalue weighted by atomic mass is 9.94. The maximum absolute atomic E-state index is 14.3. The Balaban J connectivity index is 1.64. The van der Waals surface area contributed by atoms with E-state index in [9.17, 15) is 4.39 Å². The van der Waals surface area contributed by atoms with Crippen LogP contribution in [0.4, 0.5) is 10.2 Å². The molecule has 5 rings (SSSR count). The fraction of sp³-hybridized carbons (Fsp3) is 0.481. The normalized spacial score (nSPS) is 19.8. The molecule has 5 nitrogen and oxygen atoms in total. The van der Waals surface area contributed by atoms with E-state index in [1.54, 1.807) is 12.1 Å². The molecule has 1 aromatic carbocycles. The summed E-state index contributed by atoms with van der Waals surface area (Å²) in [6.07, 6.45) is 7.55. The maximum Gasteiger partial charge on any atom is 0.157 e. The molecule has 0 saturated carbocycles. The molecule has 0 spiro atoms. The fourth-order valence-corrected chi connectivity index (χ4v) is 5.47. The van der Waals surface area contributed by atoms with E-state index in [1.807, 2.05) is 10.6 Å². The van der Waals surface area contributed by atoms with Gasteiger partial charge in [-0.3, -0.25) is 0 Å². The average Bonchev–Trinajstić information content (AvgIpc) is 3.24. The summed E-state index contributed by atoms with van der Waals surface area (Å²) in [6, 6.07) is 9.63. The fourth-order valence-electron chi connectivity index (χ4n) is 5.47. The zero-order valence-corrected chi connectivity index (χ0v) is 19.9. The van der Waals surface area contributed by atoms with E-state index >= 15 is 0 Å². The molecule has 0 radical (unpaired) electrons. The molecule has 174 valence electrons. The number of aromatic nitrogens is 3. The first-order valence-electron chi connectivity index (χ1n) is 12.4. The number of anilines is 1. The molecule has 6 heteroatoms. The van der Waals surface area contributed by atoms with Gasteiger partial charge in [-0.1, -0.05) is 19.1 Å². The van der Waals surface area contributed by atoms with Crippen LogP contribution in [0.3, 0.4) is 0 Å². The topological polar surface area (TPSA) is 36.7 Å². The smallest absolute Gasteiger partial charge is 0.157 e. The van der Waals surface area contributed by atoms with Crippen molar-refractivity contribution in [2.45, 2.75) is 64.8 Å². The maximum atomic E-state index is 14.3. The Morgan fingerprint density at radius 3 is 2.76 bits per heavy atom. The minimum atomic E-state index is -0.197. The van der Waals surface area contributed by atoms with Gasteiger partial charge in [-0.25, -0.2) is 9.37 Å². The predicted octanol–water partition coefficient (Wildman–Crippen LogP) is 5.93. The van der Waals surface area contributed by atoms with Gasteiger partial charge >= 0.3 is 0 Å². The van der Waals surface area contributed by atoms with E-state index in [2.05, 4.69) is 42.4 Å². The highest BCUT2D eigenvalue weighted by molar-refractivity contribution is 5.66. The van der Waals surface area contributed by atoms with Crippen molar-refractivity contribution < 1.29 is 4.39 Å². The number of nitrogens with zero attached hydrogens (tertiary/aromatic N) is 5. The van der Waals surface area contributed by atoms with Crippen LogP contribution in [-0.4, -0.2) is 39.1 Å². The summed E-state index contributed by atoms with van der Waals surface area (Å²) in [6.45, 7) is 11.6. The average molecular weight is 448 g/mol. The van der Waals surface area contributed by atoms with Gasteiger partial charge in [0, 0.05) is 48.7 Å². The molecule has 2 aliphatic heterocycles. The molecule has 1 unspecified atom stereocenters. The van der Waals surface area contributed by atoms with E-state index in [0.717, 1.165) is 98.7 Å². The predicted molar refractivity (Wildman–Crippen MR) is 132 cm³/mol. The molecule has 0 aliphatic carbocycles. The van der Waals surface area contributed by atoms with E-state index in [4.69, 9.17) is 10.1 Å². The highest BCUT2D eigenvalue weighted by Crippen LogP contribution is 2.38. The zero-order chi connectivity index (χ0) is 22.9. The third kappa shape index (κ3) is 4.23. The lowest BCUT2D eigenvalue weighted by Crippen LogP contribution is -2.32. The van der Waals surface area contributed by atoms with Crippen molar-refractivity contribution in [1.82, 2.24) is 19.5 Å². The van der Waals surface area contributed by atoms with Crippen LogP contribution in [0.5, 0.6) is 0 Å². The molecule has 1 atom stereocenters. The third-order valence-corrected chi connectivity index (χ3v) is 7.21. The molecular weight excluding hydrogens is 413 g/mol. The Morgan fingerprint density at radius 2 is 1.91 bits per heavy atom. The minimum Gasteiger partial charge on any atom is -0.363 e. The van der Waals surface area contributed by atoms with Crippen molar-refractivity contribution in [1.29, 1.82) is 0 Å². The quantitative estimate of drug-likeness (QED) is 0.463. The largest absolute Gasteiger partial charge is 0.363 e. The lowest BCUT2D eigenvalue weighted by molar-refractivity contribution is 0.226. The second-order valence-corrected chi connectivity index (χ2v) is 9.44. The number of rotatable bonds is 1. The molecule has 33 heavy (non-hydrogen) atoms. The SMILES string of the molecule is C=C1c2cc(F)ccc2CCCCCN(CC)c2cc(C)nc3cc(nn23)C2CCCCN12. The highest BCUT2D eigenvalue weighted by Gasteiger charge is 2.29. The van der Waals surface area contributed by atoms with E-state index < -0.39 is 0 Å². The van der Waals surface area contributed by atoms with Crippen molar-refractivity contribution in [3.05, 3.63) is 65.2 Å². The number of hydrogen-bond donors (Lipinski definition) is 0. The number of piperidine rings is 1. The van der Waals surface area contributed by atoms with Gasteiger partial charge in [-0.15, -0.1) is 0 Å². The number of aryl methyl sites for hydroxylation is 2. The molecule has 0 amide bonds. The van der Waals surface area contributed by atoms with Gasteiger partial charge in [0.2, 0.25) is 0 Å². The van der Waals surface area contributed by atoms with Crippen molar-refractivity contribution >= 4 is 17.2 Å². The molecule has 3 aromatic rings. The van der Waals surface area contributed by atoms with Crippen LogP contribution in [0.25, 0.3) is 11.3 Å². The van der Waals surface area contributed by atoms with Gasteiger partial charge < -0.3 is 9.80 Å². The Bertz CT molecular complexity index is 1170. The summed E-state index contributed by atoms with van der Waals surface area (Å²) in [5.74, 6) is 0.921. The van der Waals surface area contributed by atoms with Gasteiger partial charge in [0.05, 0.1) is 11.7 Å². The molecule has 0 N–H and O–H groups in total. The van der Waals surface area contributed by atoms with Crippen LogP contribution in [0, 0.1) is 12.7 Å².